The highest BCUT2D eigenvalue weighted by molar-refractivity contribution is 6.60. The maximum Gasteiger partial charge on any atom is 0.506 e. The third-order valence-electron chi connectivity index (χ3n) is 3.31. The topological polar surface area (TPSA) is 36.9 Å². The fourth-order valence-electron chi connectivity index (χ4n) is 2.23. The molecule has 0 bridgehead atoms. The Kier molecular flexibility index (Phi) is 5.28. The molecule has 20 heavy (non-hydrogen) atoms. The fourth-order valence-corrected chi connectivity index (χ4v) is 4.09. The standard InChI is InChI=1S/C15H20O4Si/c1-16-12-19-20(17-2,18-3)11-14-9-6-8-13-7-4-5-10-15(13)14/h4-10H,11-12H2,1-3H3. The summed E-state index contributed by atoms with van der Waals surface area (Å²) < 4.78 is 21.8. The Labute approximate surface area is 120 Å². The molecule has 0 aliphatic heterocycles. The molecule has 0 spiro atoms. The molecule has 0 aliphatic carbocycles. The van der Waals surface area contributed by atoms with Crippen LogP contribution in [0.5, 0.6) is 0 Å². The summed E-state index contributed by atoms with van der Waals surface area (Å²) in [5.74, 6) is 0. The maximum atomic E-state index is 5.70. The largest absolute Gasteiger partial charge is 0.506 e. The van der Waals surface area contributed by atoms with E-state index in [1.807, 2.05) is 18.2 Å². The van der Waals surface area contributed by atoms with Gasteiger partial charge in [-0.15, -0.1) is 0 Å². The first kappa shape index (κ1) is 15.2. The number of fused-ring (bicyclic) bond motifs is 1. The zero-order valence-corrected chi connectivity index (χ0v) is 13.1. The molecule has 0 heterocycles. The van der Waals surface area contributed by atoms with Crippen LogP contribution in [-0.2, 0) is 24.1 Å². The number of benzene rings is 2. The normalized spacial score (nSPS) is 11.9. The molecular formula is C15H20O4Si. The number of hydrogen-bond donors (Lipinski definition) is 0. The van der Waals surface area contributed by atoms with Crippen LogP contribution in [0.4, 0.5) is 0 Å². The Morgan fingerprint density at radius 2 is 1.60 bits per heavy atom. The monoisotopic (exact) mass is 292 g/mol. The first-order valence-electron chi connectivity index (χ1n) is 6.44. The average Bonchev–Trinajstić information content (AvgIpc) is 2.52. The van der Waals surface area contributed by atoms with Gasteiger partial charge in [0, 0.05) is 27.4 Å². The molecule has 0 saturated heterocycles. The molecule has 4 nitrogen and oxygen atoms in total. The molecule has 5 heteroatoms. The van der Waals surface area contributed by atoms with Crippen molar-refractivity contribution < 1.29 is 18.0 Å². The lowest BCUT2D eigenvalue weighted by Gasteiger charge is -2.26. The van der Waals surface area contributed by atoms with E-state index in [-0.39, 0.29) is 6.79 Å². The Balaban J connectivity index is 2.33. The Hall–Kier alpha value is -1.24. The molecule has 108 valence electrons. The highest BCUT2D eigenvalue weighted by Gasteiger charge is 2.39. The van der Waals surface area contributed by atoms with Crippen LogP contribution < -0.4 is 0 Å². The van der Waals surface area contributed by atoms with Gasteiger partial charge in [-0.3, -0.25) is 0 Å². The number of ether oxygens (including phenoxy) is 1. The summed E-state index contributed by atoms with van der Waals surface area (Å²) in [6.07, 6.45) is 0. The van der Waals surface area contributed by atoms with Crippen molar-refractivity contribution >= 4 is 19.6 Å². The van der Waals surface area contributed by atoms with Crippen LogP contribution in [-0.4, -0.2) is 36.9 Å². The van der Waals surface area contributed by atoms with E-state index in [9.17, 15) is 0 Å². The predicted molar refractivity (Wildman–Crippen MR) is 80.4 cm³/mol. The van der Waals surface area contributed by atoms with Crippen LogP contribution in [0.1, 0.15) is 5.56 Å². The summed E-state index contributed by atoms with van der Waals surface area (Å²) in [7, 11) is 2.08. The second-order valence-corrected chi connectivity index (χ2v) is 7.28. The minimum Gasteiger partial charge on any atom is -0.377 e. The van der Waals surface area contributed by atoms with Crippen molar-refractivity contribution in [3.63, 3.8) is 0 Å². The van der Waals surface area contributed by atoms with Gasteiger partial charge in [0.15, 0.2) is 0 Å². The summed E-state index contributed by atoms with van der Waals surface area (Å²) in [6.45, 7) is 0.165. The zero-order chi connectivity index (χ0) is 14.4. The lowest BCUT2D eigenvalue weighted by molar-refractivity contribution is -0.0111. The minimum absolute atomic E-state index is 0.165. The van der Waals surface area contributed by atoms with Gasteiger partial charge in [-0.2, -0.15) is 0 Å². The molecule has 0 unspecified atom stereocenters. The van der Waals surface area contributed by atoms with Crippen molar-refractivity contribution in [1.29, 1.82) is 0 Å². The third kappa shape index (κ3) is 3.25. The molecule has 0 saturated carbocycles. The van der Waals surface area contributed by atoms with Crippen LogP contribution in [0.25, 0.3) is 10.8 Å². The molecule has 0 aromatic heterocycles. The second kappa shape index (κ2) is 6.96. The first-order chi connectivity index (χ1) is 9.74. The van der Waals surface area contributed by atoms with E-state index in [1.165, 1.54) is 10.8 Å². The van der Waals surface area contributed by atoms with Gasteiger partial charge in [-0.05, 0) is 16.3 Å². The van der Waals surface area contributed by atoms with Gasteiger partial charge in [0.05, 0.1) is 0 Å². The van der Waals surface area contributed by atoms with Gasteiger partial charge >= 0.3 is 8.80 Å². The molecule has 0 atom stereocenters. The van der Waals surface area contributed by atoms with Crippen LogP contribution in [0.2, 0.25) is 0 Å². The van der Waals surface area contributed by atoms with Crippen LogP contribution in [0.3, 0.4) is 0 Å². The van der Waals surface area contributed by atoms with Crippen molar-refractivity contribution in [3.05, 3.63) is 48.0 Å². The number of methoxy groups -OCH3 is 1. The van der Waals surface area contributed by atoms with Crippen LogP contribution in [0, 0.1) is 0 Å². The molecular weight excluding hydrogens is 272 g/mol. The highest BCUT2D eigenvalue weighted by atomic mass is 28.4. The van der Waals surface area contributed by atoms with Gasteiger partial charge in [-0.1, -0.05) is 42.5 Å². The lowest BCUT2D eigenvalue weighted by Crippen LogP contribution is -2.47. The molecule has 0 amide bonds. The SMILES string of the molecule is COCO[Si](Cc1cccc2ccccc12)(OC)OC. The molecule has 0 fully saturated rings. The molecule has 0 radical (unpaired) electrons. The minimum atomic E-state index is -2.75. The molecule has 2 aromatic rings. The Morgan fingerprint density at radius 3 is 2.30 bits per heavy atom. The predicted octanol–water partition coefficient (Wildman–Crippen LogP) is 2.77. The van der Waals surface area contributed by atoms with E-state index < -0.39 is 8.80 Å². The number of hydrogen-bond acceptors (Lipinski definition) is 4. The summed E-state index contributed by atoms with van der Waals surface area (Å²) in [4.78, 5) is 0. The third-order valence-corrected chi connectivity index (χ3v) is 5.92. The van der Waals surface area contributed by atoms with Gasteiger partial charge in [-0.25, -0.2) is 0 Å². The van der Waals surface area contributed by atoms with Gasteiger partial charge in [0.1, 0.15) is 6.79 Å². The molecule has 0 N–H and O–H groups in total. The van der Waals surface area contributed by atoms with E-state index in [2.05, 4.69) is 24.3 Å². The van der Waals surface area contributed by atoms with Crippen LogP contribution in [0.15, 0.2) is 42.5 Å². The summed E-state index contributed by atoms with van der Waals surface area (Å²) >= 11 is 0. The fraction of sp³-hybridized carbons (Fsp3) is 0.333. The van der Waals surface area contributed by atoms with Crippen molar-refractivity contribution in [2.24, 2.45) is 0 Å². The molecule has 2 aromatic carbocycles. The van der Waals surface area contributed by atoms with Crippen molar-refractivity contribution in [3.8, 4) is 0 Å². The molecule has 0 aliphatic rings. The van der Waals surface area contributed by atoms with E-state index >= 15 is 0 Å². The van der Waals surface area contributed by atoms with E-state index in [4.69, 9.17) is 18.0 Å². The van der Waals surface area contributed by atoms with Crippen molar-refractivity contribution in [2.45, 2.75) is 6.04 Å². The Bertz CT molecular complexity index is 549. The molecule has 2 rings (SSSR count). The maximum absolute atomic E-state index is 5.70. The quantitative estimate of drug-likeness (QED) is 0.581. The average molecular weight is 292 g/mol. The lowest BCUT2D eigenvalue weighted by atomic mass is 10.1. The van der Waals surface area contributed by atoms with Crippen molar-refractivity contribution in [1.82, 2.24) is 0 Å². The summed E-state index contributed by atoms with van der Waals surface area (Å²) in [6, 6.07) is 15.1. The van der Waals surface area contributed by atoms with Gasteiger partial charge in [0.2, 0.25) is 0 Å². The summed E-state index contributed by atoms with van der Waals surface area (Å²) in [5, 5.41) is 2.40. The number of rotatable bonds is 7. The zero-order valence-electron chi connectivity index (χ0n) is 12.1. The Morgan fingerprint density at radius 1 is 0.900 bits per heavy atom. The smallest absolute Gasteiger partial charge is 0.377 e. The van der Waals surface area contributed by atoms with E-state index in [0.29, 0.717) is 6.04 Å². The summed E-state index contributed by atoms with van der Waals surface area (Å²) in [5.41, 5.74) is 1.16. The first-order valence-corrected chi connectivity index (χ1v) is 8.37. The van der Waals surface area contributed by atoms with Gasteiger partial charge in [0.25, 0.3) is 0 Å². The van der Waals surface area contributed by atoms with Crippen LogP contribution >= 0.6 is 0 Å². The van der Waals surface area contributed by atoms with Gasteiger partial charge < -0.3 is 18.0 Å². The van der Waals surface area contributed by atoms with E-state index in [0.717, 1.165) is 5.56 Å². The van der Waals surface area contributed by atoms with E-state index in [1.54, 1.807) is 21.3 Å². The second-order valence-electron chi connectivity index (χ2n) is 4.46. The van der Waals surface area contributed by atoms with Crippen molar-refractivity contribution in [2.75, 3.05) is 28.1 Å². The highest BCUT2D eigenvalue weighted by Crippen LogP contribution is 2.23.